The van der Waals surface area contributed by atoms with E-state index in [4.69, 9.17) is 0 Å². The normalized spacial score (nSPS) is 14.5. The third-order valence-electron chi connectivity index (χ3n) is 4.25. The van der Waals surface area contributed by atoms with Crippen molar-refractivity contribution in [1.29, 1.82) is 0 Å². The van der Waals surface area contributed by atoms with Gasteiger partial charge in [-0.3, -0.25) is 0 Å². The Hall–Kier alpha value is -2.48. The van der Waals surface area contributed by atoms with Crippen LogP contribution in [0.25, 0.3) is 21.5 Å². The van der Waals surface area contributed by atoms with Crippen LogP contribution < -0.4 is 9.50 Å². The van der Waals surface area contributed by atoms with Gasteiger partial charge in [0.1, 0.15) is 0 Å². The van der Waals surface area contributed by atoms with E-state index in [2.05, 4.69) is 9.50 Å². The van der Waals surface area contributed by atoms with Crippen LogP contribution in [0.1, 0.15) is 5.56 Å². The van der Waals surface area contributed by atoms with Crippen molar-refractivity contribution in [3.05, 3.63) is 48.0 Å². The molecule has 1 aliphatic rings. The maximum Gasteiger partial charge on any atom is 0.534 e. The zero-order valence-electron chi connectivity index (χ0n) is 12.7. The summed E-state index contributed by atoms with van der Waals surface area (Å²) in [6.45, 7) is 0.632. The standard InChI is InChI=1S/C17H12F3NO3S/c18-17(19,20)25(22,23)24-14-9-11-7-8-21-16(11)13-6-5-10-3-1-2-4-12(10)15(13)14/h1-6,9,21H,7-8H2. The lowest BCUT2D eigenvalue weighted by atomic mass is 9.97. The number of hydrogen-bond donors (Lipinski definition) is 1. The average molecular weight is 367 g/mol. The molecular weight excluding hydrogens is 355 g/mol. The summed E-state index contributed by atoms with van der Waals surface area (Å²) in [5.74, 6) is -0.299. The van der Waals surface area contributed by atoms with E-state index in [0.29, 0.717) is 29.1 Å². The van der Waals surface area contributed by atoms with E-state index < -0.39 is 15.6 Å². The number of halogens is 3. The minimum absolute atomic E-state index is 0.299. The van der Waals surface area contributed by atoms with E-state index in [0.717, 1.165) is 16.6 Å². The van der Waals surface area contributed by atoms with Gasteiger partial charge in [-0.2, -0.15) is 21.6 Å². The van der Waals surface area contributed by atoms with Crippen molar-refractivity contribution in [1.82, 2.24) is 0 Å². The Kier molecular flexibility index (Phi) is 3.37. The number of rotatable bonds is 2. The van der Waals surface area contributed by atoms with Gasteiger partial charge in [0, 0.05) is 23.0 Å². The van der Waals surface area contributed by atoms with Crippen LogP contribution in [0.5, 0.6) is 5.75 Å². The third kappa shape index (κ3) is 2.48. The maximum absolute atomic E-state index is 12.8. The molecule has 0 amide bonds. The van der Waals surface area contributed by atoms with Gasteiger partial charge in [-0.15, -0.1) is 0 Å². The Balaban J connectivity index is 2.07. The first kappa shape index (κ1) is 16.0. The zero-order valence-corrected chi connectivity index (χ0v) is 13.5. The first-order valence-corrected chi connectivity index (χ1v) is 8.91. The van der Waals surface area contributed by atoms with E-state index in [9.17, 15) is 21.6 Å². The van der Waals surface area contributed by atoms with E-state index in [1.54, 1.807) is 30.3 Å². The summed E-state index contributed by atoms with van der Waals surface area (Å²) in [5, 5.41) is 5.60. The average Bonchev–Trinajstić information content (AvgIpc) is 3.01. The molecule has 1 heterocycles. The number of fused-ring (bicyclic) bond motifs is 5. The molecule has 3 aromatic rings. The molecule has 0 saturated heterocycles. The van der Waals surface area contributed by atoms with Gasteiger partial charge in [-0.25, -0.2) is 0 Å². The van der Waals surface area contributed by atoms with Crippen molar-refractivity contribution < 1.29 is 25.8 Å². The number of benzene rings is 3. The van der Waals surface area contributed by atoms with Gasteiger partial charge in [0.15, 0.2) is 5.75 Å². The van der Waals surface area contributed by atoms with Gasteiger partial charge in [-0.1, -0.05) is 36.4 Å². The molecule has 4 rings (SSSR count). The van der Waals surface area contributed by atoms with Gasteiger partial charge in [0.25, 0.3) is 0 Å². The van der Waals surface area contributed by atoms with Crippen LogP contribution in [-0.4, -0.2) is 20.5 Å². The molecule has 1 aliphatic heterocycles. The van der Waals surface area contributed by atoms with Crippen molar-refractivity contribution in [2.45, 2.75) is 11.9 Å². The molecule has 0 unspecified atom stereocenters. The Morgan fingerprint density at radius 2 is 1.80 bits per heavy atom. The molecule has 25 heavy (non-hydrogen) atoms. The first-order chi connectivity index (χ1) is 11.8. The van der Waals surface area contributed by atoms with Gasteiger partial charge < -0.3 is 9.50 Å². The molecule has 0 radical (unpaired) electrons. The summed E-state index contributed by atoms with van der Waals surface area (Å²) in [4.78, 5) is 0. The van der Waals surface area contributed by atoms with Crippen LogP contribution in [0.2, 0.25) is 0 Å². The van der Waals surface area contributed by atoms with Crippen molar-refractivity contribution in [2.75, 3.05) is 11.9 Å². The lowest BCUT2D eigenvalue weighted by Gasteiger charge is -2.15. The number of nitrogens with one attached hydrogen (secondary N) is 1. The quantitative estimate of drug-likeness (QED) is 0.419. The topological polar surface area (TPSA) is 55.4 Å². The molecule has 0 atom stereocenters. The molecular formula is C17H12F3NO3S. The molecule has 0 aliphatic carbocycles. The summed E-state index contributed by atoms with van der Waals surface area (Å²) in [6, 6.07) is 12.1. The molecule has 1 N–H and O–H groups in total. The van der Waals surface area contributed by atoms with Gasteiger partial charge in [0.2, 0.25) is 0 Å². The molecule has 0 spiro atoms. The van der Waals surface area contributed by atoms with E-state index in [1.807, 2.05) is 6.07 Å². The number of hydrogen-bond acceptors (Lipinski definition) is 4. The number of alkyl halides is 3. The largest absolute Gasteiger partial charge is 0.534 e. The fourth-order valence-corrected chi connectivity index (χ4v) is 3.64. The van der Waals surface area contributed by atoms with Crippen molar-refractivity contribution in [3.63, 3.8) is 0 Å². The summed E-state index contributed by atoms with van der Waals surface area (Å²) < 4.78 is 66.0. The second-order valence-electron chi connectivity index (χ2n) is 5.78. The van der Waals surface area contributed by atoms with Crippen LogP contribution in [-0.2, 0) is 16.5 Å². The van der Waals surface area contributed by atoms with Crippen LogP contribution in [0, 0.1) is 0 Å². The fraction of sp³-hybridized carbons (Fsp3) is 0.176. The maximum atomic E-state index is 12.8. The van der Waals surface area contributed by atoms with E-state index in [-0.39, 0.29) is 5.75 Å². The fourth-order valence-electron chi connectivity index (χ4n) is 3.18. The SMILES string of the molecule is O=S(=O)(Oc1cc2c(c3ccc4ccccc4c13)NCC2)C(F)(F)F. The zero-order chi connectivity index (χ0) is 17.8. The summed E-state index contributed by atoms with van der Waals surface area (Å²) >= 11 is 0. The number of anilines is 1. The Labute approximate surface area is 141 Å². The molecule has 0 saturated carbocycles. The lowest BCUT2D eigenvalue weighted by molar-refractivity contribution is -0.0499. The van der Waals surface area contributed by atoms with Crippen LogP contribution >= 0.6 is 0 Å². The molecule has 0 aromatic heterocycles. The van der Waals surface area contributed by atoms with Crippen molar-refractivity contribution >= 4 is 37.4 Å². The summed E-state index contributed by atoms with van der Waals surface area (Å²) in [5.41, 5.74) is -3.95. The summed E-state index contributed by atoms with van der Waals surface area (Å²) in [7, 11) is -5.75. The Bertz CT molecular complexity index is 1110. The highest BCUT2D eigenvalue weighted by molar-refractivity contribution is 7.88. The highest BCUT2D eigenvalue weighted by atomic mass is 32.2. The predicted octanol–water partition coefficient (Wildman–Crippen LogP) is 4.19. The second kappa shape index (κ2) is 5.26. The van der Waals surface area contributed by atoms with Crippen molar-refractivity contribution in [2.24, 2.45) is 0 Å². The predicted molar refractivity (Wildman–Crippen MR) is 89.3 cm³/mol. The second-order valence-corrected chi connectivity index (χ2v) is 7.32. The molecule has 130 valence electrons. The van der Waals surface area contributed by atoms with Gasteiger partial charge in [0.05, 0.1) is 0 Å². The minimum atomic E-state index is -5.75. The van der Waals surface area contributed by atoms with Crippen LogP contribution in [0.4, 0.5) is 18.9 Å². The molecule has 4 nitrogen and oxygen atoms in total. The monoisotopic (exact) mass is 367 g/mol. The lowest BCUT2D eigenvalue weighted by Crippen LogP contribution is -2.28. The van der Waals surface area contributed by atoms with Gasteiger partial charge in [-0.05, 0) is 28.8 Å². The molecule has 0 bridgehead atoms. The highest BCUT2D eigenvalue weighted by Gasteiger charge is 2.48. The van der Waals surface area contributed by atoms with E-state index >= 15 is 0 Å². The smallest absolute Gasteiger partial charge is 0.384 e. The first-order valence-electron chi connectivity index (χ1n) is 7.50. The van der Waals surface area contributed by atoms with Crippen LogP contribution in [0.3, 0.4) is 0 Å². The van der Waals surface area contributed by atoms with Gasteiger partial charge >= 0.3 is 15.6 Å². The van der Waals surface area contributed by atoms with E-state index in [1.165, 1.54) is 6.07 Å². The summed E-state index contributed by atoms with van der Waals surface area (Å²) in [6.07, 6.45) is 0.584. The minimum Gasteiger partial charge on any atom is -0.384 e. The van der Waals surface area contributed by atoms with Crippen molar-refractivity contribution in [3.8, 4) is 5.75 Å². The third-order valence-corrected chi connectivity index (χ3v) is 5.22. The Morgan fingerprint density at radius 1 is 1.04 bits per heavy atom. The molecule has 0 fully saturated rings. The highest BCUT2D eigenvalue weighted by Crippen LogP contribution is 2.42. The Morgan fingerprint density at radius 3 is 2.56 bits per heavy atom. The molecule has 3 aromatic carbocycles. The van der Waals surface area contributed by atoms with Crippen LogP contribution in [0.15, 0.2) is 42.5 Å². The molecule has 8 heteroatoms.